The highest BCUT2D eigenvalue weighted by Gasteiger charge is 2.51. The fraction of sp³-hybridized carbons (Fsp3) is 0.643. The van der Waals surface area contributed by atoms with Crippen molar-refractivity contribution in [1.29, 1.82) is 0 Å². The Morgan fingerprint density at radius 3 is 3.09 bits per heavy atom. The number of carbonyl (C=O) groups excluding carboxylic acids is 1. The molecule has 0 spiro atoms. The van der Waals surface area contributed by atoms with E-state index in [0.717, 1.165) is 6.54 Å². The third-order valence-electron chi connectivity index (χ3n) is 4.32. The van der Waals surface area contributed by atoms with Crippen LogP contribution >= 0.6 is 0 Å². The Hall–Kier alpha value is -1.80. The van der Waals surface area contributed by atoms with E-state index in [-0.39, 0.29) is 17.9 Å². The van der Waals surface area contributed by atoms with Gasteiger partial charge in [0.05, 0.1) is 25.6 Å². The third kappa shape index (κ3) is 2.89. The lowest BCUT2D eigenvalue weighted by molar-refractivity contribution is -0.125. The van der Waals surface area contributed by atoms with Gasteiger partial charge in [-0.15, -0.1) is 0 Å². The van der Waals surface area contributed by atoms with Gasteiger partial charge in [0.25, 0.3) is 0 Å². The van der Waals surface area contributed by atoms with Crippen LogP contribution in [0.25, 0.3) is 0 Å². The molecule has 1 N–H and O–H groups in total. The fourth-order valence-corrected chi connectivity index (χ4v) is 3.16. The largest absolute Gasteiger partial charge is 0.380 e. The van der Waals surface area contributed by atoms with E-state index < -0.39 is 5.82 Å². The summed E-state index contributed by atoms with van der Waals surface area (Å²) in [6.07, 6.45) is 2.33. The van der Waals surface area contributed by atoms with E-state index in [1.807, 2.05) is 4.90 Å². The molecular weight excluding hydrogens is 291 g/mol. The van der Waals surface area contributed by atoms with Crippen LogP contribution in [0.3, 0.4) is 0 Å². The number of rotatable bonds is 5. The molecule has 0 unspecified atom stereocenters. The number of hydrogen-bond donors (Lipinski definition) is 1. The average Bonchev–Trinajstić information content (AvgIpc) is 3.03. The second kappa shape index (κ2) is 6.13. The van der Waals surface area contributed by atoms with Crippen LogP contribution in [0.4, 0.5) is 10.3 Å². The lowest BCUT2D eigenvalue weighted by Crippen LogP contribution is -2.44. The second-order valence-electron chi connectivity index (χ2n) is 5.87. The van der Waals surface area contributed by atoms with Gasteiger partial charge in [0.15, 0.2) is 5.82 Å². The maximum atomic E-state index is 12.9. The Bertz CT molecular complexity index is 541. The van der Waals surface area contributed by atoms with Gasteiger partial charge in [0, 0.05) is 38.1 Å². The molecule has 8 heteroatoms. The summed E-state index contributed by atoms with van der Waals surface area (Å²) in [6.45, 7) is 3.23. The van der Waals surface area contributed by atoms with Crippen molar-refractivity contribution in [2.24, 2.45) is 11.3 Å². The highest BCUT2D eigenvalue weighted by atomic mass is 19.1. The first-order valence-corrected chi connectivity index (χ1v) is 7.19. The van der Waals surface area contributed by atoms with Crippen LogP contribution in [-0.4, -0.2) is 62.4 Å². The summed E-state index contributed by atoms with van der Waals surface area (Å²) in [5.74, 6) is 0.217. The van der Waals surface area contributed by atoms with E-state index in [4.69, 9.17) is 9.47 Å². The van der Waals surface area contributed by atoms with Crippen LogP contribution < -0.4 is 10.2 Å². The number of carbonyl (C=O) groups is 1. The number of amides is 1. The molecule has 2 fully saturated rings. The second-order valence-corrected chi connectivity index (χ2v) is 5.87. The van der Waals surface area contributed by atoms with Gasteiger partial charge in [-0.05, 0) is 0 Å². The smallest absolute Gasteiger partial charge is 0.246 e. The Labute approximate surface area is 127 Å². The molecule has 0 bridgehead atoms. The van der Waals surface area contributed by atoms with Crippen LogP contribution in [0.1, 0.15) is 0 Å². The summed E-state index contributed by atoms with van der Waals surface area (Å²) in [4.78, 5) is 21.7. The summed E-state index contributed by atoms with van der Waals surface area (Å²) in [6, 6.07) is 0. The molecule has 0 aliphatic carbocycles. The Kier molecular flexibility index (Phi) is 4.21. The summed E-state index contributed by atoms with van der Waals surface area (Å²) in [5.41, 5.74) is -0.152. The predicted octanol–water partition coefficient (Wildman–Crippen LogP) is -0.169. The van der Waals surface area contributed by atoms with Crippen molar-refractivity contribution in [1.82, 2.24) is 15.3 Å². The Morgan fingerprint density at radius 2 is 2.36 bits per heavy atom. The number of halogens is 1. The minimum absolute atomic E-state index is 0.0480. The van der Waals surface area contributed by atoms with Crippen LogP contribution in [0, 0.1) is 17.2 Å². The maximum absolute atomic E-state index is 12.9. The molecule has 0 saturated carbocycles. The van der Waals surface area contributed by atoms with Gasteiger partial charge < -0.3 is 19.7 Å². The number of anilines is 1. The van der Waals surface area contributed by atoms with E-state index in [0.29, 0.717) is 38.2 Å². The summed E-state index contributed by atoms with van der Waals surface area (Å²) in [7, 11) is 1.49. The molecule has 2 aliphatic rings. The van der Waals surface area contributed by atoms with Crippen LogP contribution in [0.5, 0.6) is 0 Å². The van der Waals surface area contributed by atoms with Crippen LogP contribution in [0.15, 0.2) is 12.4 Å². The molecule has 0 radical (unpaired) electrons. The van der Waals surface area contributed by atoms with Crippen LogP contribution in [-0.2, 0) is 14.3 Å². The number of fused-ring (bicyclic) bond motifs is 1. The average molecular weight is 310 g/mol. The molecule has 2 atom stereocenters. The normalized spacial score (nSPS) is 27.0. The molecule has 2 saturated heterocycles. The van der Waals surface area contributed by atoms with Gasteiger partial charge in [0.1, 0.15) is 6.61 Å². The SMILES string of the molecule is COCC(=O)NC[C@@]12COC[C@@H]1CN(c1ncc(F)cn1)C2. The lowest BCUT2D eigenvalue weighted by Gasteiger charge is -2.27. The zero-order valence-corrected chi connectivity index (χ0v) is 12.4. The van der Waals surface area contributed by atoms with Crippen molar-refractivity contribution in [3.63, 3.8) is 0 Å². The summed E-state index contributed by atoms with van der Waals surface area (Å²) >= 11 is 0. The number of methoxy groups -OCH3 is 1. The van der Waals surface area contributed by atoms with E-state index in [1.165, 1.54) is 19.5 Å². The van der Waals surface area contributed by atoms with Crippen molar-refractivity contribution in [2.75, 3.05) is 51.5 Å². The quantitative estimate of drug-likeness (QED) is 0.814. The zero-order valence-electron chi connectivity index (χ0n) is 12.4. The first-order chi connectivity index (χ1) is 10.6. The van der Waals surface area contributed by atoms with Crippen molar-refractivity contribution in [2.45, 2.75) is 0 Å². The monoisotopic (exact) mass is 310 g/mol. The zero-order chi connectivity index (χ0) is 15.6. The molecule has 2 aliphatic heterocycles. The predicted molar refractivity (Wildman–Crippen MR) is 75.8 cm³/mol. The molecule has 1 aromatic heterocycles. The Morgan fingerprint density at radius 1 is 1.59 bits per heavy atom. The molecule has 3 heterocycles. The highest BCUT2D eigenvalue weighted by molar-refractivity contribution is 5.77. The molecule has 1 aromatic rings. The van der Waals surface area contributed by atoms with Crippen molar-refractivity contribution < 1.29 is 18.7 Å². The molecule has 3 rings (SSSR count). The molecule has 7 nitrogen and oxygen atoms in total. The van der Waals surface area contributed by atoms with Gasteiger partial charge in [-0.3, -0.25) is 4.79 Å². The van der Waals surface area contributed by atoms with Gasteiger partial charge >= 0.3 is 0 Å². The number of nitrogens with zero attached hydrogens (tertiary/aromatic N) is 3. The fourth-order valence-electron chi connectivity index (χ4n) is 3.16. The number of ether oxygens (including phenoxy) is 2. The summed E-state index contributed by atoms with van der Waals surface area (Å²) in [5, 5.41) is 2.90. The van der Waals surface area contributed by atoms with E-state index in [2.05, 4.69) is 15.3 Å². The molecule has 1 amide bonds. The standard InChI is InChI=1S/C14H19FN4O3/c1-21-6-12(20)18-7-14-8-19(4-10(14)5-22-9-14)13-16-2-11(15)3-17-13/h2-3,10H,4-9H2,1H3,(H,18,20)/t10-,14+/m0/s1. The highest BCUT2D eigenvalue weighted by Crippen LogP contribution is 2.41. The number of hydrogen-bond acceptors (Lipinski definition) is 6. The van der Waals surface area contributed by atoms with Gasteiger partial charge in [-0.2, -0.15) is 0 Å². The molecule has 120 valence electrons. The molecule has 0 aromatic carbocycles. The minimum atomic E-state index is -0.451. The third-order valence-corrected chi connectivity index (χ3v) is 4.32. The molecular formula is C14H19FN4O3. The Balaban J connectivity index is 1.68. The molecule has 22 heavy (non-hydrogen) atoms. The number of aromatic nitrogens is 2. The number of nitrogens with one attached hydrogen (secondary N) is 1. The first-order valence-electron chi connectivity index (χ1n) is 7.19. The minimum Gasteiger partial charge on any atom is -0.380 e. The van der Waals surface area contributed by atoms with Crippen molar-refractivity contribution in [3.05, 3.63) is 18.2 Å². The maximum Gasteiger partial charge on any atom is 0.246 e. The van der Waals surface area contributed by atoms with Crippen molar-refractivity contribution >= 4 is 11.9 Å². The first kappa shape index (κ1) is 15.1. The van der Waals surface area contributed by atoms with Crippen LogP contribution in [0.2, 0.25) is 0 Å². The topological polar surface area (TPSA) is 76.6 Å². The lowest BCUT2D eigenvalue weighted by atomic mass is 9.81. The van der Waals surface area contributed by atoms with Crippen molar-refractivity contribution in [3.8, 4) is 0 Å². The van der Waals surface area contributed by atoms with E-state index in [9.17, 15) is 9.18 Å². The van der Waals surface area contributed by atoms with Gasteiger partial charge in [-0.1, -0.05) is 0 Å². The van der Waals surface area contributed by atoms with E-state index >= 15 is 0 Å². The van der Waals surface area contributed by atoms with Gasteiger partial charge in [-0.25, -0.2) is 14.4 Å². The van der Waals surface area contributed by atoms with Gasteiger partial charge in [0.2, 0.25) is 11.9 Å². The van der Waals surface area contributed by atoms with E-state index in [1.54, 1.807) is 0 Å². The summed E-state index contributed by atoms with van der Waals surface area (Å²) < 4.78 is 23.4.